The molecule has 0 radical (unpaired) electrons. The number of nitrogens with one attached hydrogen (secondary N) is 2. The van der Waals surface area contributed by atoms with Gasteiger partial charge in [0.2, 0.25) is 0 Å². The normalized spacial score (nSPS) is 12.0. The van der Waals surface area contributed by atoms with Crippen molar-refractivity contribution in [1.82, 2.24) is 0 Å². The highest BCUT2D eigenvalue weighted by Crippen LogP contribution is 2.36. The first-order valence-electron chi connectivity index (χ1n) is 6.21. The summed E-state index contributed by atoms with van der Waals surface area (Å²) in [5, 5.41) is 5.71. The standard InChI is InChI=1S/C13H10ClF3N2O3S2/c1-24(21,22)9-6-23-11(10(9)14)19-12(20)18-8-4-2-3-7(5-8)13(15,16)17/h2-6H,1H3,(H2,18,19,20). The van der Waals surface area contributed by atoms with E-state index in [1.165, 1.54) is 11.4 Å². The fourth-order valence-corrected chi connectivity index (χ4v) is 4.47. The Morgan fingerprint density at radius 3 is 2.46 bits per heavy atom. The summed E-state index contributed by atoms with van der Waals surface area (Å²) in [5.41, 5.74) is -0.979. The molecule has 0 unspecified atom stereocenters. The molecule has 2 amide bonds. The Bertz CT molecular complexity index is 879. The van der Waals surface area contributed by atoms with E-state index in [1.54, 1.807) is 0 Å². The molecule has 2 N–H and O–H groups in total. The monoisotopic (exact) mass is 398 g/mol. The molecule has 1 aromatic carbocycles. The van der Waals surface area contributed by atoms with Crippen LogP contribution in [0.5, 0.6) is 0 Å². The highest BCUT2D eigenvalue weighted by atomic mass is 35.5. The number of alkyl halides is 3. The van der Waals surface area contributed by atoms with Gasteiger partial charge in [-0.1, -0.05) is 17.7 Å². The van der Waals surface area contributed by atoms with Gasteiger partial charge < -0.3 is 5.32 Å². The number of thiophene rings is 1. The van der Waals surface area contributed by atoms with Crippen molar-refractivity contribution >= 4 is 49.5 Å². The topological polar surface area (TPSA) is 75.3 Å². The molecule has 0 atom stereocenters. The largest absolute Gasteiger partial charge is 0.416 e. The molecule has 0 aliphatic heterocycles. The van der Waals surface area contributed by atoms with Crippen molar-refractivity contribution in [2.24, 2.45) is 0 Å². The highest BCUT2D eigenvalue weighted by Gasteiger charge is 2.30. The van der Waals surface area contributed by atoms with Crippen molar-refractivity contribution in [3.63, 3.8) is 0 Å². The second-order valence-corrected chi connectivity index (χ2v) is 7.91. The van der Waals surface area contributed by atoms with Gasteiger partial charge in [0, 0.05) is 17.3 Å². The third-order valence-electron chi connectivity index (χ3n) is 2.77. The minimum Gasteiger partial charge on any atom is -0.308 e. The molecular formula is C13H10ClF3N2O3S2. The summed E-state index contributed by atoms with van der Waals surface area (Å²) in [6, 6.07) is 3.23. The van der Waals surface area contributed by atoms with Crippen LogP contribution in [-0.2, 0) is 16.0 Å². The maximum Gasteiger partial charge on any atom is 0.416 e. The Balaban J connectivity index is 2.14. The third-order valence-corrected chi connectivity index (χ3v) is 5.56. The lowest BCUT2D eigenvalue weighted by atomic mass is 10.2. The van der Waals surface area contributed by atoms with E-state index >= 15 is 0 Å². The Morgan fingerprint density at radius 2 is 1.92 bits per heavy atom. The molecule has 2 aromatic rings. The molecule has 24 heavy (non-hydrogen) atoms. The lowest BCUT2D eigenvalue weighted by molar-refractivity contribution is -0.137. The van der Waals surface area contributed by atoms with Crippen LogP contribution < -0.4 is 10.6 Å². The molecular weight excluding hydrogens is 389 g/mol. The maximum atomic E-state index is 12.6. The predicted octanol–water partition coefficient (Wildman–Crippen LogP) is 4.47. The SMILES string of the molecule is CS(=O)(=O)c1csc(NC(=O)Nc2cccc(C(F)(F)F)c2)c1Cl. The van der Waals surface area contributed by atoms with Crippen LogP contribution in [0, 0.1) is 0 Å². The van der Waals surface area contributed by atoms with Crippen LogP contribution in [0.15, 0.2) is 34.5 Å². The minimum absolute atomic E-state index is 0.0709. The maximum absolute atomic E-state index is 12.6. The van der Waals surface area contributed by atoms with Crippen LogP contribution in [0.4, 0.5) is 28.7 Å². The Kier molecular flexibility index (Phi) is 5.11. The molecule has 0 bridgehead atoms. The van der Waals surface area contributed by atoms with Crippen LogP contribution in [0.1, 0.15) is 5.56 Å². The smallest absolute Gasteiger partial charge is 0.308 e. The number of sulfone groups is 1. The number of urea groups is 1. The third kappa shape index (κ3) is 4.40. The quantitative estimate of drug-likeness (QED) is 0.801. The number of benzene rings is 1. The number of rotatable bonds is 3. The van der Waals surface area contributed by atoms with Crippen molar-refractivity contribution < 1.29 is 26.4 Å². The van der Waals surface area contributed by atoms with Gasteiger partial charge in [-0.15, -0.1) is 11.3 Å². The molecule has 5 nitrogen and oxygen atoms in total. The number of amides is 2. The second kappa shape index (κ2) is 6.61. The first-order valence-corrected chi connectivity index (χ1v) is 9.35. The van der Waals surface area contributed by atoms with E-state index in [0.717, 1.165) is 35.8 Å². The van der Waals surface area contributed by atoms with Crippen molar-refractivity contribution in [3.8, 4) is 0 Å². The molecule has 11 heteroatoms. The van der Waals surface area contributed by atoms with E-state index in [2.05, 4.69) is 10.6 Å². The molecule has 2 rings (SSSR count). The fourth-order valence-electron chi connectivity index (χ4n) is 1.70. The van der Waals surface area contributed by atoms with E-state index in [4.69, 9.17) is 11.6 Å². The van der Waals surface area contributed by atoms with Crippen LogP contribution >= 0.6 is 22.9 Å². The summed E-state index contributed by atoms with van der Waals surface area (Å²) in [4.78, 5) is 11.7. The van der Waals surface area contributed by atoms with E-state index in [1.807, 2.05) is 0 Å². The summed E-state index contributed by atoms with van der Waals surface area (Å²) >= 11 is 6.77. The van der Waals surface area contributed by atoms with Crippen molar-refractivity contribution in [2.75, 3.05) is 16.9 Å². The summed E-state index contributed by atoms with van der Waals surface area (Å²) in [7, 11) is -3.55. The first kappa shape index (κ1) is 18.6. The fraction of sp³-hybridized carbons (Fsp3) is 0.154. The van der Waals surface area contributed by atoms with E-state index in [0.29, 0.717) is 0 Å². The first-order chi connectivity index (χ1) is 11.0. The van der Waals surface area contributed by atoms with Crippen molar-refractivity contribution in [1.29, 1.82) is 0 Å². The Hall–Kier alpha value is -1.78. The van der Waals surface area contributed by atoms with E-state index in [9.17, 15) is 26.4 Å². The summed E-state index contributed by atoms with van der Waals surface area (Å²) in [5.74, 6) is 0. The van der Waals surface area contributed by atoms with Crippen LogP contribution in [-0.4, -0.2) is 20.7 Å². The number of carbonyl (C=O) groups excluding carboxylic acids is 1. The summed E-state index contributed by atoms with van der Waals surface area (Å²) in [6.07, 6.45) is -3.57. The molecule has 0 spiro atoms. The van der Waals surface area contributed by atoms with Gasteiger partial charge in [0.05, 0.1) is 15.5 Å². The summed E-state index contributed by atoms with van der Waals surface area (Å²) < 4.78 is 60.8. The number of anilines is 2. The average Bonchev–Trinajstić information content (AvgIpc) is 2.79. The van der Waals surface area contributed by atoms with Gasteiger partial charge in [-0.05, 0) is 18.2 Å². The molecule has 130 valence electrons. The Labute approximate surface area is 144 Å². The van der Waals surface area contributed by atoms with Gasteiger partial charge in [-0.25, -0.2) is 13.2 Å². The van der Waals surface area contributed by atoms with Gasteiger partial charge in [0.25, 0.3) is 0 Å². The van der Waals surface area contributed by atoms with Crippen molar-refractivity contribution in [3.05, 3.63) is 40.2 Å². The van der Waals surface area contributed by atoms with Crippen LogP contribution in [0.25, 0.3) is 0 Å². The van der Waals surface area contributed by atoms with Gasteiger partial charge in [0.1, 0.15) is 5.00 Å². The molecule has 1 heterocycles. The average molecular weight is 399 g/mol. The van der Waals surface area contributed by atoms with E-state index in [-0.39, 0.29) is 20.6 Å². The van der Waals surface area contributed by atoms with E-state index < -0.39 is 27.6 Å². The van der Waals surface area contributed by atoms with Gasteiger partial charge in [0.15, 0.2) is 9.84 Å². The number of carbonyl (C=O) groups is 1. The predicted molar refractivity (Wildman–Crippen MR) is 86.5 cm³/mol. The highest BCUT2D eigenvalue weighted by molar-refractivity contribution is 7.91. The molecule has 1 aromatic heterocycles. The molecule has 0 aliphatic rings. The zero-order chi connectivity index (χ0) is 18.1. The van der Waals surface area contributed by atoms with Gasteiger partial charge in [-0.3, -0.25) is 5.32 Å². The van der Waals surface area contributed by atoms with Gasteiger partial charge >= 0.3 is 12.2 Å². The number of hydrogen-bond acceptors (Lipinski definition) is 4. The molecule has 0 fully saturated rings. The number of halogens is 4. The Morgan fingerprint density at radius 1 is 1.25 bits per heavy atom. The van der Waals surface area contributed by atoms with Crippen LogP contribution in [0.2, 0.25) is 5.02 Å². The minimum atomic E-state index is -4.53. The van der Waals surface area contributed by atoms with Crippen molar-refractivity contribution in [2.45, 2.75) is 11.1 Å². The molecule has 0 aliphatic carbocycles. The molecule has 0 saturated carbocycles. The zero-order valence-corrected chi connectivity index (χ0v) is 14.3. The van der Waals surface area contributed by atoms with Crippen LogP contribution in [0.3, 0.4) is 0 Å². The van der Waals surface area contributed by atoms with Gasteiger partial charge in [-0.2, -0.15) is 13.2 Å². The zero-order valence-electron chi connectivity index (χ0n) is 11.9. The number of hydrogen-bond donors (Lipinski definition) is 2. The lowest BCUT2D eigenvalue weighted by Gasteiger charge is -2.10. The molecule has 0 saturated heterocycles. The summed E-state index contributed by atoms with van der Waals surface area (Å²) in [6.45, 7) is 0. The second-order valence-electron chi connectivity index (χ2n) is 4.67. The lowest BCUT2D eigenvalue weighted by Crippen LogP contribution is -2.19.